The molecule has 0 spiro atoms. The molecule has 0 atom stereocenters. The van der Waals surface area contributed by atoms with Gasteiger partial charge in [-0.1, -0.05) is 6.07 Å². The third kappa shape index (κ3) is 1.54. The van der Waals surface area contributed by atoms with E-state index in [0.717, 1.165) is 12.1 Å². The summed E-state index contributed by atoms with van der Waals surface area (Å²) in [7, 11) is -2.09. The number of benzene rings is 1. The Bertz CT molecular complexity index is 279. The van der Waals surface area contributed by atoms with Gasteiger partial charge in [-0.25, -0.2) is 4.39 Å². The van der Waals surface area contributed by atoms with E-state index < -0.39 is 24.1 Å². The number of rotatable bonds is 2. The topological polar surface area (TPSA) is 49.7 Å². The lowest BCUT2D eigenvalue weighted by atomic mass is 9.79. The van der Waals surface area contributed by atoms with Crippen molar-refractivity contribution < 1.29 is 23.9 Å². The van der Waals surface area contributed by atoms with Crippen LogP contribution in [0.1, 0.15) is 0 Å². The van der Waals surface area contributed by atoms with Crippen molar-refractivity contribution in [2.75, 3.05) is 0 Å². The Hall–Kier alpha value is -1.14. The van der Waals surface area contributed by atoms with Crippen molar-refractivity contribution >= 4 is 12.6 Å². The fourth-order valence-electron chi connectivity index (χ4n) is 0.835. The summed E-state index contributed by atoms with van der Waals surface area (Å²) in [5, 5.41) is 17.2. The number of halogens is 2. The minimum absolute atomic E-state index is 0.537. The third-order valence-corrected chi connectivity index (χ3v) is 1.35. The molecule has 0 aliphatic rings. The Balaban J connectivity index is 3.20. The van der Waals surface area contributed by atoms with Gasteiger partial charge in [0.15, 0.2) is 5.75 Å². The van der Waals surface area contributed by atoms with Crippen LogP contribution in [0.2, 0.25) is 0 Å². The number of hydrogen-bond donors (Lipinski definition) is 2. The van der Waals surface area contributed by atoms with E-state index in [2.05, 4.69) is 4.94 Å². The Morgan fingerprint density at radius 3 is 2.42 bits per heavy atom. The minimum Gasteiger partial charge on any atom is -0.423 e. The first-order valence-electron chi connectivity index (χ1n) is 3.10. The highest BCUT2D eigenvalue weighted by Gasteiger charge is 2.22. The summed E-state index contributed by atoms with van der Waals surface area (Å²) in [6, 6.07) is 3.24. The molecule has 1 aromatic carbocycles. The maximum Gasteiger partial charge on any atom is 0.495 e. The molecule has 0 fully saturated rings. The Morgan fingerprint density at radius 1 is 1.33 bits per heavy atom. The van der Waals surface area contributed by atoms with Crippen molar-refractivity contribution in [2.45, 2.75) is 0 Å². The fraction of sp³-hybridized carbons (Fsp3) is 0. The van der Waals surface area contributed by atoms with Gasteiger partial charge in [0.2, 0.25) is 0 Å². The smallest absolute Gasteiger partial charge is 0.423 e. The second kappa shape index (κ2) is 3.51. The quantitative estimate of drug-likeness (QED) is 0.608. The molecule has 0 bridgehead atoms. The molecule has 64 valence electrons. The van der Waals surface area contributed by atoms with E-state index in [1.807, 2.05) is 0 Å². The van der Waals surface area contributed by atoms with Gasteiger partial charge in [-0.3, -0.25) is 4.94 Å². The predicted octanol–water partition coefficient (Wildman–Crippen LogP) is -0.231. The molecule has 0 aromatic heterocycles. The molecule has 0 heterocycles. The molecule has 6 heteroatoms. The van der Waals surface area contributed by atoms with E-state index in [-0.39, 0.29) is 0 Å². The molecule has 0 amide bonds. The summed E-state index contributed by atoms with van der Waals surface area (Å²) in [6.45, 7) is 0. The van der Waals surface area contributed by atoms with Gasteiger partial charge in [0.05, 0.1) is 5.46 Å². The van der Waals surface area contributed by atoms with Gasteiger partial charge < -0.3 is 10.0 Å². The van der Waals surface area contributed by atoms with Gasteiger partial charge in [0.25, 0.3) is 0 Å². The maximum absolute atomic E-state index is 12.7. The summed E-state index contributed by atoms with van der Waals surface area (Å²) in [6.07, 6.45) is 0. The monoisotopic (exact) mass is 174 g/mol. The summed E-state index contributed by atoms with van der Waals surface area (Å²) in [5.41, 5.74) is -0.611. The molecular weight excluding hydrogens is 169 g/mol. The minimum atomic E-state index is -2.09. The molecule has 0 aliphatic carbocycles. The standard InChI is InChI=1S/C6H5BF2O3/c8-4-2-1-3-5(12-9)6(4)7(10)11/h1-3,10-11H. The average molecular weight is 174 g/mol. The van der Waals surface area contributed by atoms with Gasteiger partial charge in [-0.15, -0.1) is 0 Å². The Morgan fingerprint density at radius 2 is 2.00 bits per heavy atom. The zero-order chi connectivity index (χ0) is 9.14. The van der Waals surface area contributed by atoms with Crippen molar-refractivity contribution in [1.29, 1.82) is 0 Å². The third-order valence-electron chi connectivity index (χ3n) is 1.35. The molecule has 1 aromatic rings. The molecular formula is C6H5BF2O3. The van der Waals surface area contributed by atoms with Crippen LogP contribution in [0.5, 0.6) is 5.75 Å². The van der Waals surface area contributed by atoms with Crippen LogP contribution in [0.15, 0.2) is 18.2 Å². The number of hydrogen-bond acceptors (Lipinski definition) is 3. The Kier molecular flexibility index (Phi) is 2.62. The lowest BCUT2D eigenvalue weighted by molar-refractivity contribution is -0.00542. The summed E-state index contributed by atoms with van der Waals surface area (Å²) in [5.74, 6) is -1.47. The second-order valence-electron chi connectivity index (χ2n) is 2.10. The van der Waals surface area contributed by atoms with Gasteiger partial charge in [-0.2, -0.15) is 0 Å². The molecule has 0 radical (unpaired) electrons. The summed E-state index contributed by atoms with van der Waals surface area (Å²) in [4.78, 5) is 3.23. The van der Waals surface area contributed by atoms with Crippen molar-refractivity contribution in [2.24, 2.45) is 0 Å². The van der Waals surface area contributed by atoms with Crippen LogP contribution < -0.4 is 10.4 Å². The van der Waals surface area contributed by atoms with Crippen LogP contribution in [-0.2, 0) is 0 Å². The van der Waals surface area contributed by atoms with Gasteiger partial charge >= 0.3 is 7.12 Å². The lowest BCUT2D eigenvalue weighted by Crippen LogP contribution is -2.33. The van der Waals surface area contributed by atoms with Crippen molar-refractivity contribution in [3.05, 3.63) is 24.0 Å². The SMILES string of the molecule is OB(O)c1c(F)cccc1OF. The van der Waals surface area contributed by atoms with Crippen LogP contribution in [0.4, 0.5) is 8.92 Å². The van der Waals surface area contributed by atoms with Crippen LogP contribution in [0.3, 0.4) is 0 Å². The summed E-state index contributed by atoms with van der Waals surface area (Å²) >= 11 is 0. The highest BCUT2D eigenvalue weighted by atomic mass is 19.3. The first-order chi connectivity index (χ1) is 5.66. The predicted molar refractivity (Wildman–Crippen MR) is 38.0 cm³/mol. The van der Waals surface area contributed by atoms with Crippen LogP contribution in [0.25, 0.3) is 0 Å². The zero-order valence-electron chi connectivity index (χ0n) is 5.87. The molecule has 0 unspecified atom stereocenters. The second-order valence-corrected chi connectivity index (χ2v) is 2.10. The highest BCUT2D eigenvalue weighted by molar-refractivity contribution is 6.59. The molecule has 1 rings (SSSR count). The molecule has 0 saturated carbocycles. The first kappa shape index (κ1) is 8.96. The van der Waals surface area contributed by atoms with E-state index in [1.54, 1.807) is 0 Å². The van der Waals surface area contributed by atoms with E-state index in [4.69, 9.17) is 10.0 Å². The van der Waals surface area contributed by atoms with Crippen LogP contribution in [-0.4, -0.2) is 17.2 Å². The lowest BCUT2D eigenvalue weighted by Gasteiger charge is -2.03. The zero-order valence-corrected chi connectivity index (χ0v) is 5.87. The van der Waals surface area contributed by atoms with E-state index >= 15 is 0 Å². The van der Waals surface area contributed by atoms with E-state index in [9.17, 15) is 8.92 Å². The first-order valence-corrected chi connectivity index (χ1v) is 3.10. The summed E-state index contributed by atoms with van der Waals surface area (Å²) < 4.78 is 24.4. The molecule has 0 aliphatic heterocycles. The normalized spacial score (nSPS) is 9.67. The van der Waals surface area contributed by atoms with Gasteiger partial charge in [0.1, 0.15) is 5.82 Å². The fourth-order valence-corrected chi connectivity index (χ4v) is 0.835. The average Bonchev–Trinajstić information content (AvgIpc) is 2.03. The van der Waals surface area contributed by atoms with E-state index in [1.165, 1.54) is 6.07 Å². The van der Waals surface area contributed by atoms with Crippen molar-refractivity contribution in [1.82, 2.24) is 0 Å². The molecule has 2 N–H and O–H groups in total. The molecule has 3 nitrogen and oxygen atoms in total. The van der Waals surface area contributed by atoms with Gasteiger partial charge in [-0.05, 0) is 12.1 Å². The van der Waals surface area contributed by atoms with Crippen LogP contribution >= 0.6 is 0 Å². The molecule has 12 heavy (non-hydrogen) atoms. The largest absolute Gasteiger partial charge is 0.495 e. The van der Waals surface area contributed by atoms with Gasteiger partial charge in [0, 0.05) is 4.53 Å². The van der Waals surface area contributed by atoms with Crippen molar-refractivity contribution in [3.63, 3.8) is 0 Å². The Labute approximate surface area is 67.3 Å². The maximum atomic E-state index is 12.7. The highest BCUT2D eigenvalue weighted by Crippen LogP contribution is 2.10. The molecule has 0 saturated heterocycles. The van der Waals surface area contributed by atoms with E-state index in [0.29, 0.717) is 0 Å². The van der Waals surface area contributed by atoms with Crippen molar-refractivity contribution in [3.8, 4) is 5.75 Å². The van der Waals surface area contributed by atoms with Crippen LogP contribution in [0, 0.1) is 5.82 Å².